The van der Waals surface area contributed by atoms with Crippen LogP contribution in [-0.2, 0) is 6.18 Å². The van der Waals surface area contributed by atoms with E-state index in [-0.39, 0.29) is 10.5 Å². The van der Waals surface area contributed by atoms with Crippen LogP contribution in [0, 0.1) is 0 Å². The van der Waals surface area contributed by atoms with Gasteiger partial charge in [0.05, 0.1) is 11.1 Å². The third kappa shape index (κ3) is 5.07. The molecule has 0 heterocycles. The van der Waals surface area contributed by atoms with Gasteiger partial charge in [-0.15, -0.1) is 11.8 Å². The Morgan fingerprint density at radius 2 is 1.95 bits per heavy atom. The Balaban J connectivity index is 2.81. The third-order valence-corrected chi connectivity index (χ3v) is 3.94. The van der Waals surface area contributed by atoms with Crippen LogP contribution < -0.4 is 0 Å². The molecule has 0 fully saturated rings. The van der Waals surface area contributed by atoms with Gasteiger partial charge >= 0.3 is 12.1 Å². The fraction of sp³-hybridized carbons (Fsp3) is 0.500. The van der Waals surface area contributed by atoms with Crippen LogP contribution in [0.5, 0.6) is 0 Å². The monoisotopic (exact) mass is 306 g/mol. The molecule has 112 valence electrons. The average Bonchev–Trinajstić information content (AvgIpc) is 2.37. The normalized spacial score (nSPS) is 11.6. The van der Waals surface area contributed by atoms with Crippen molar-refractivity contribution in [3.05, 3.63) is 29.3 Å². The van der Waals surface area contributed by atoms with Gasteiger partial charge in [-0.25, -0.2) is 4.79 Å². The van der Waals surface area contributed by atoms with E-state index in [0.29, 0.717) is 5.75 Å². The lowest BCUT2D eigenvalue weighted by molar-refractivity contribution is -0.137. The maximum atomic E-state index is 12.6. The molecule has 6 heteroatoms. The van der Waals surface area contributed by atoms with E-state index in [9.17, 15) is 18.0 Å². The van der Waals surface area contributed by atoms with Crippen LogP contribution in [0.2, 0.25) is 0 Å². The molecule has 20 heavy (non-hydrogen) atoms. The van der Waals surface area contributed by atoms with Gasteiger partial charge in [0.2, 0.25) is 0 Å². The molecule has 1 N–H and O–H groups in total. The molecule has 1 rings (SSSR count). The number of carbonyl (C=O) groups is 1. The molecule has 0 bridgehead atoms. The van der Waals surface area contributed by atoms with Crippen LogP contribution in [0.3, 0.4) is 0 Å². The van der Waals surface area contributed by atoms with E-state index in [2.05, 4.69) is 6.92 Å². The molecule has 1 aromatic carbocycles. The minimum atomic E-state index is -4.45. The smallest absolute Gasteiger partial charge is 0.416 e. The lowest BCUT2D eigenvalue weighted by Crippen LogP contribution is -2.07. The molecular weight excluding hydrogens is 289 g/mol. The van der Waals surface area contributed by atoms with Crippen molar-refractivity contribution in [1.82, 2.24) is 0 Å². The van der Waals surface area contributed by atoms with E-state index in [1.54, 1.807) is 0 Å². The summed E-state index contributed by atoms with van der Waals surface area (Å²) >= 11 is 1.18. The first-order valence-corrected chi connectivity index (χ1v) is 7.42. The van der Waals surface area contributed by atoms with Crippen molar-refractivity contribution < 1.29 is 23.1 Å². The summed E-state index contributed by atoms with van der Waals surface area (Å²) in [5.74, 6) is -0.573. The van der Waals surface area contributed by atoms with E-state index >= 15 is 0 Å². The van der Waals surface area contributed by atoms with Gasteiger partial charge in [-0.3, -0.25) is 0 Å². The fourth-order valence-corrected chi connectivity index (χ4v) is 2.80. The van der Waals surface area contributed by atoms with E-state index < -0.39 is 17.7 Å². The number of rotatable bonds is 7. The zero-order valence-electron chi connectivity index (χ0n) is 11.2. The van der Waals surface area contributed by atoms with Gasteiger partial charge in [0, 0.05) is 4.90 Å². The Hall–Kier alpha value is -1.17. The third-order valence-electron chi connectivity index (χ3n) is 2.79. The number of carboxylic acids is 1. The summed E-state index contributed by atoms with van der Waals surface area (Å²) in [6, 6.07) is 2.76. The second kappa shape index (κ2) is 7.57. The molecule has 2 nitrogen and oxygen atoms in total. The summed E-state index contributed by atoms with van der Waals surface area (Å²) in [4.78, 5) is 11.2. The van der Waals surface area contributed by atoms with Crippen LogP contribution in [-0.4, -0.2) is 16.8 Å². The Labute approximate surface area is 120 Å². The summed E-state index contributed by atoms with van der Waals surface area (Å²) in [6.07, 6.45) is -0.420. The average molecular weight is 306 g/mol. The highest BCUT2D eigenvalue weighted by Crippen LogP contribution is 2.34. The lowest BCUT2D eigenvalue weighted by atomic mass is 10.1. The summed E-state index contributed by atoms with van der Waals surface area (Å²) in [5, 5.41) is 9.01. The second-order valence-electron chi connectivity index (χ2n) is 4.42. The van der Waals surface area contributed by atoms with Crippen molar-refractivity contribution in [2.75, 3.05) is 5.75 Å². The lowest BCUT2D eigenvalue weighted by Gasteiger charge is -2.11. The summed E-state index contributed by atoms with van der Waals surface area (Å²) in [6.45, 7) is 2.07. The molecule has 0 aliphatic rings. The van der Waals surface area contributed by atoms with Gasteiger partial charge in [-0.05, 0) is 30.4 Å². The maximum absolute atomic E-state index is 12.6. The highest BCUT2D eigenvalue weighted by molar-refractivity contribution is 7.99. The molecule has 0 aromatic heterocycles. The topological polar surface area (TPSA) is 37.3 Å². The molecule has 0 atom stereocenters. The van der Waals surface area contributed by atoms with Gasteiger partial charge in [0.1, 0.15) is 0 Å². The van der Waals surface area contributed by atoms with Crippen molar-refractivity contribution in [2.45, 2.75) is 43.7 Å². The number of thioether (sulfide) groups is 1. The van der Waals surface area contributed by atoms with Crippen LogP contribution in [0.25, 0.3) is 0 Å². The molecule has 0 aliphatic heterocycles. The highest BCUT2D eigenvalue weighted by Gasteiger charge is 2.31. The van der Waals surface area contributed by atoms with Gasteiger partial charge in [0.15, 0.2) is 0 Å². The number of halogens is 3. The van der Waals surface area contributed by atoms with E-state index in [1.165, 1.54) is 11.8 Å². The van der Waals surface area contributed by atoms with Crippen molar-refractivity contribution >= 4 is 17.7 Å². The Kier molecular flexibility index (Phi) is 6.39. The van der Waals surface area contributed by atoms with Gasteiger partial charge in [0.25, 0.3) is 0 Å². The number of hydrogen-bond acceptors (Lipinski definition) is 2. The predicted molar refractivity (Wildman–Crippen MR) is 73.3 cm³/mol. The minimum Gasteiger partial charge on any atom is -0.478 e. The zero-order chi connectivity index (χ0) is 15.2. The molecule has 0 unspecified atom stereocenters. The fourth-order valence-electron chi connectivity index (χ4n) is 1.71. The molecule has 0 saturated carbocycles. The summed E-state index contributed by atoms with van der Waals surface area (Å²) < 4.78 is 37.9. The van der Waals surface area contributed by atoms with Crippen molar-refractivity contribution in [3.63, 3.8) is 0 Å². The first-order valence-electron chi connectivity index (χ1n) is 6.43. The number of benzene rings is 1. The molecular formula is C14H17F3O2S. The van der Waals surface area contributed by atoms with E-state index in [0.717, 1.165) is 43.9 Å². The van der Waals surface area contributed by atoms with Crippen molar-refractivity contribution in [1.29, 1.82) is 0 Å². The Morgan fingerprint density at radius 3 is 2.50 bits per heavy atom. The second-order valence-corrected chi connectivity index (χ2v) is 5.56. The Bertz CT molecular complexity index is 458. The van der Waals surface area contributed by atoms with E-state index in [1.807, 2.05) is 0 Å². The standard InChI is InChI=1S/C14H17F3O2S/c1-2-3-4-5-8-20-12-9-10(14(15,16)17)6-7-11(12)13(18)19/h6-7,9H,2-5,8H2,1H3,(H,18,19). The number of aromatic carboxylic acids is 1. The molecule has 0 amide bonds. The van der Waals surface area contributed by atoms with Gasteiger partial charge in [-0.2, -0.15) is 13.2 Å². The quantitative estimate of drug-likeness (QED) is 0.564. The first-order chi connectivity index (χ1) is 9.36. The van der Waals surface area contributed by atoms with E-state index in [4.69, 9.17) is 5.11 Å². The predicted octanol–water partition coefficient (Wildman–Crippen LogP) is 5.08. The van der Waals surface area contributed by atoms with Crippen LogP contribution >= 0.6 is 11.8 Å². The van der Waals surface area contributed by atoms with Crippen molar-refractivity contribution in [3.8, 4) is 0 Å². The molecule has 0 radical (unpaired) electrons. The van der Waals surface area contributed by atoms with Crippen LogP contribution in [0.1, 0.15) is 48.5 Å². The minimum absolute atomic E-state index is 0.0708. The summed E-state index contributed by atoms with van der Waals surface area (Å²) in [7, 11) is 0. The largest absolute Gasteiger partial charge is 0.478 e. The maximum Gasteiger partial charge on any atom is 0.416 e. The Morgan fingerprint density at radius 1 is 1.25 bits per heavy atom. The highest BCUT2D eigenvalue weighted by atomic mass is 32.2. The zero-order valence-corrected chi connectivity index (χ0v) is 12.0. The first kappa shape index (κ1) is 16.9. The summed E-state index contributed by atoms with van der Waals surface area (Å²) in [5.41, 5.74) is -0.878. The molecule has 0 aliphatic carbocycles. The molecule has 1 aromatic rings. The molecule has 0 saturated heterocycles. The van der Waals surface area contributed by atoms with Gasteiger partial charge in [-0.1, -0.05) is 26.2 Å². The van der Waals surface area contributed by atoms with Crippen LogP contribution in [0.15, 0.2) is 23.1 Å². The number of alkyl halides is 3. The van der Waals surface area contributed by atoms with Crippen molar-refractivity contribution in [2.24, 2.45) is 0 Å². The number of hydrogen-bond donors (Lipinski definition) is 1. The molecule has 0 spiro atoms. The number of carboxylic acid groups (broad SMARTS) is 1. The SMILES string of the molecule is CCCCCCSc1cc(C(F)(F)F)ccc1C(=O)O. The van der Waals surface area contributed by atoms with Gasteiger partial charge < -0.3 is 5.11 Å². The number of unbranched alkanes of at least 4 members (excludes halogenated alkanes) is 3. The van der Waals surface area contributed by atoms with Crippen LogP contribution in [0.4, 0.5) is 13.2 Å².